The second-order valence-corrected chi connectivity index (χ2v) is 3.99. The van der Waals surface area contributed by atoms with Crippen LogP contribution in [0, 0.1) is 5.82 Å². The first-order valence-corrected chi connectivity index (χ1v) is 6.18. The Bertz CT molecular complexity index is 556. The molecule has 0 saturated carbocycles. The molecule has 2 rings (SSSR count). The van der Waals surface area contributed by atoms with Crippen LogP contribution in [0.3, 0.4) is 0 Å². The first-order valence-electron chi connectivity index (χ1n) is 6.18. The molecule has 6 nitrogen and oxygen atoms in total. The summed E-state index contributed by atoms with van der Waals surface area (Å²) in [4.78, 5) is 12.2. The van der Waals surface area contributed by atoms with E-state index in [-0.39, 0.29) is 11.8 Å². The molecule has 7 heteroatoms. The van der Waals surface area contributed by atoms with E-state index >= 15 is 0 Å². The quantitative estimate of drug-likeness (QED) is 0.837. The van der Waals surface area contributed by atoms with Crippen LogP contribution in [0.4, 0.5) is 16.3 Å². The fourth-order valence-corrected chi connectivity index (χ4v) is 1.65. The van der Waals surface area contributed by atoms with E-state index in [2.05, 4.69) is 25.6 Å². The van der Waals surface area contributed by atoms with Crippen LogP contribution in [0.2, 0.25) is 0 Å². The van der Waals surface area contributed by atoms with Crippen molar-refractivity contribution in [2.75, 3.05) is 31.3 Å². The van der Waals surface area contributed by atoms with Gasteiger partial charge in [-0.15, -0.1) is 0 Å². The second-order valence-electron chi connectivity index (χ2n) is 3.99. The zero-order chi connectivity index (χ0) is 14.4. The van der Waals surface area contributed by atoms with Gasteiger partial charge in [0.25, 0.3) is 0 Å². The summed E-state index contributed by atoms with van der Waals surface area (Å²) in [6, 6.07) is 6.90. The minimum Gasteiger partial charge on any atom is -0.467 e. The van der Waals surface area contributed by atoms with E-state index in [1.54, 1.807) is 19.2 Å². The Morgan fingerprint density at radius 3 is 2.60 bits per heavy atom. The largest absolute Gasteiger partial charge is 0.467 e. The minimum atomic E-state index is -0.210. The lowest BCUT2D eigenvalue weighted by Gasteiger charge is -2.08. The minimum absolute atomic E-state index is 0.210. The molecule has 0 unspecified atom stereocenters. The predicted octanol–water partition coefficient (Wildman–Crippen LogP) is 1.72. The fraction of sp³-hybridized carbons (Fsp3) is 0.308. The SMILES string of the molecule is CNc1nc(NCCc2ccccc2F)nc(OC)n1. The molecule has 1 aromatic carbocycles. The summed E-state index contributed by atoms with van der Waals surface area (Å²) in [5.41, 5.74) is 0.648. The normalized spacial score (nSPS) is 10.2. The van der Waals surface area contributed by atoms with E-state index < -0.39 is 0 Å². The second kappa shape index (κ2) is 6.65. The molecule has 0 bridgehead atoms. The number of rotatable bonds is 6. The molecule has 0 atom stereocenters. The van der Waals surface area contributed by atoms with Gasteiger partial charge in [-0.2, -0.15) is 15.0 Å². The lowest BCUT2D eigenvalue weighted by Crippen LogP contribution is -2.11. The maximum absolute atomic E-state index is 13.5. The van der Waals surface area contributed by atoms with E-state index in [0.717, 1.165) is 0 Å². The van der Waals surface area contributed by atoms with E-state index in [1.807, 2.05) is 6.07 Å². The summed E-state index contributed by atoms with van der Waals surface area (Å²) in [7, 11) is 3.19. The van der Waals surface area contributed by atoms with Crippen molar-refractivity contribution in [3.63, 3.8) is 0 Å². The van der Waals surface area contributed by atoms with Gasteiger partial charge in [-0.05, 0) is 18.1 Å². The smallest absolute Gasteiger partial charge is 0.322 e. The Labute approximate surface area is 116 Å². The van der Waals surface area contributed by atoms with E-state index in [9.17, 15) is 4.39 Å². The monoisotopic (exact) mass is 277 g/mol. The fourth-order valence-electron chi connectivity index (χ4n) is 1.65. The van der Waals surface area contributed by atoms with Crippen molar-refractivity contribution in [1.29, 1.82) is 0 Å². The van der Waals surface area contributed by atoms with Gasteiger partial charge in [0, 0.05) is 13.6 Å². The third-order valence-corrected chi connectivity index (χ3v) is 2.66. The topological polar surface area (TPSA) is 72.0 Å². The van der Waals surface area contributed by atoms with Crippen LogP contribution in [0.15, 0.2) is 24.3 Å². The van der Waals surface area contributed by atoms with Crippen molar-refractivity contribution in [2.45, 2.75) is 6.42 Å². The van der Waals surface area contributed by atoms with Crippen LogP contribution in [-0.4, -0.2) is 35.7 Å². The summed E-state index contributed by atoms with van der Waals surface area (Å²) in [6.45, 7) is 0.511. The van der Waals surface area contributed by atoms with Crippen LogP contribution < -0.4 is 15.4 Å². The number of ether oxygens (including phenoxy) is 1. The highest BCUT2D eigenvalue weighted by molar-refractivity contribution is 5.35. The van der Waals surface area contributed by atoms with Gasteiger partial charge in [0.15, 0.2) is 0 Å². The molecule has 0 saturated heterocycles. The molecule has 1 aromatic heterocycles. The van der Waals surface area contributed by atoms with Crippen LogP contribution in [0.1, 0.15) is 5.56 Å². The number of aromatic nitrogens is 3. The van der Waals surface area contributed by atoms with Gasteiger partial charge in [-0.3, -0.25) is 0 Å². The van der Waals surface area contributed by atoms with Gasteiger partial charge >= 0.3 is 6.01 Å². The first kappa shape index (κ1) is 14.0. The van der Waals surface area contributed by atoms with E-state index in [0.29, 0.717) is 30.4 Å². The molecule has 0 aliphatic heterocycles. The molecular weight excluding hydrogens is 261 g/mol. The van der Waals surface area contributed by atoms with E-state index in [4.69, 9.17) is 4.74 Å². The predicted molar refractivity (Wildman–Crippen MR) is 74.5 cm³/mol. The molecule has 0 aliphatic carbocycles. The van der Waals surface area contributed by atoms with Crippen LogP contribution >= 0.6 is 0 Å². The maximum atomic E-state index is 13.5. The third-order valence-electron chi connectivity index (χ3n) is 2.66. The van der Waals surface area contributed by atoms with Crippen molar-refractivity contribution >= 4 is 11.9 Å². The van der Waals surface area contributed by atoms with Gasteiger partial charge < -0.3 is 15.4 Å². The molecule has 2 N–H and O–H groups in total. The van der Waals surface area contributed by atoms with Crippen LogP contribution in [-0.2, 0) is 6.42 Å². The summed E-state index contributed by atoms with van der Waals surface area (Å²) < 4.78 is 18.4. The Hall–Kier alpha value is -2.44. The number of anilines is 2. The number of methoxy groups -OCH3 is 1. The lowest BCUT2D eigenvalue weighted by molar-refractivity contribution is 0.379. The molecule has 0 spiro atoms. The van der Waals surface area contributed by atoms with Gasteiger partial charge in [-0.25, -0.2) is 4.39 Å². The molecule has 20 heavy (non-hydrogen) atoms. The highest BCUT2D eigenvalue weighted by Crippen LogP contribution is 2.11. The number of nitrogens with zero attached hydrogens (tertiary/aromatic N) is 3. The summed E-state index contributed by atoms with van der Waals surface area (Å²) in [6.07, 6.45) is 0.537. The van der Waals surface area contributed by atoms with Crippen molar-refractivity contribution in [2.24, 2.45) is 0 Å². The molecule has 0 radical (unpaired) electrons. The standard InChI is InChI=1S/C13H16FN5O/c1-15-11-17-12(19-13(18-11)20-2)16-8-7-9-5-3-4-6-10(9)14/h3-6H,7-8H2,1-2H3,(H2,15,16,17,18,19). The summed E-state index contributed by atoms with van der Waals surface area (Å²) in [5, 5.41) is 5.84. The number of hydrogen-bond donors (Lipinski definition) is 2. The Morgan fingerprint density at radius 2 is 1.90 bits per heavy atom. The maximum Gasteiger partial charge on any atom is 0.322 e. The Morgan fingerprint density at radius 1 is 1.15 bits per heavy atom. The molecule has 0 aliphatic rings. The third kappa shape index (κ3) is 3.53. The highest BCUT2D eigenvalue weighted by Gasteiger charge is 2.06. The number of benzene rings is 1. The molecule has 0 amide bonds. The van der Waals surface area contributed by atoms with Gasteiger partial charge in [0.1, 0.15) is 5.82 Å². The molecule has 0 fully saturated rings. The highest BCUT2D eigenvalue weighted by atomic mass is 19.1. The van der Waals surface area contributed by atoms with Gasteiger partial charge in [-0.1, -0.05) is 18.2 Å². The van der Waals surface area contributed by atoms with Crippen LogP contribution in [0.25, 0.3) is 0 Å². The van der Waals surface area contributed by atoms with Crippen molar-refractivity contribution in [3.8, 4) is 6.01 Å². The zero-order valence-electron chi connectivity index (χ0n) is 11.4. The molecule has 2 aromatic rings. The molecule has 1 heterocycles. The average molecular weight is 277 g/mol. The molecular formula is C13H16FN5O. The number of halogens is 1. The number of hydrogen-bond acceptors (Lipinski definition) is 6. The summed E-state index contributed by atoms with van der Waals surface area (Å²) in [5.74, 6) is 0.584. The van der Waals surface area contributed by atoms with Gasteiger partial charge in [0.05, 0.1) is 7.11 Å². The van der Waals surface area contributed by atoms with Crippen molar-refractivity contribution in [1.82, 2.24) is 15.0 Å². The van der Waals surface area contributed by atoms with Crippen LogP contribution in [0.5, 0.6) is 6.01 Å². The molecule has 106 valence electrons. The van der Waals surface area contributed by atoms with E-state index in [1.165, 1.54) is 13.2 Å². The van der Waals surface area contributed by atoms with Crippen molar-refractivity contribution in [3.05, 3.63) is 35.6 Å². The zero-order valence-corrected chi connectivity index (χ0v) is 11.4. The van der Waals surface area contributed by atoms with Gasteiger partial charge in [0.2, 0.25) is 11.9 Å². The lowest BCUT2D eigenvalue weighted by atomic mass is 10.1. The van der Waals surface area contributed by atoms with Crippen molar-refractivity contribution < 1.29 is 9.13 Å². The number of nitrogens with one attached hydrogen (secondary N) is 2. The summed E-state index contributed by atoms with van der Waals surface area (Å²) >= 11 is 0. The first-order chi connectivity index (χ1) is 9.72. The average Bonchev–Trinajstić information content (AvgIpc) is 2.48. The Balaban J connectivity index is 1.99. The Kier molecular flexibility index (Phi) is 4.65.